The predicted molar refractivity (Wildman–Crippen MR) is 84.4 cm³/mol. The summed E-state index contributed by atoms with van der Waals surface area (Å²) < 4.78 is 27.6. The zero-order chi connectivity index (χ0) is 14.9. The van der Waals surface area contributed by atoms with Crippen molar-refractivity contribution in [2.75, 3.05) is 12.3 Å². The number of aromatic amines is 1. The molecule has 2 aromatic rings. The van der Waals surface area contributed by atoms with Crippen LogP contribution in [0.5, 0.6) is 0 Å². The Balaban J connectivity index is 1.81. The van der Waals surface area contributed by atoms with Crippen LogP contribution in [0.4, 0.5) is 5.69 Å². The van der Waals surface area contributed by atoms with Crippen LogP contribution >= 0.6 is 0 Å². The molecule has 21 heavy (non-hydrogen) atoms. The molecule has 0 amide bonds. The lowest BCUT2D eigenvalue weighted by Crippen LogP contribution is -2.29. The third-order valence-electron chi connectivity index (χ3n) is 3.90. The summed E-state index contributed by atoms with van der Waals surface area (Å²) in [7, 11) is -3.50. The molecule has 1 heterocycles. The lowest BCUT2D eigenvalue weighted by molar-refractivity contribution is 0.468. The van der Waals surface area contributed by atoms with Crippen molar-refractivity contribution in [3.8, 4) is 0 Å². The van der Waals surface area contributed by atoms with Crippen LogP contribution in [0.1, 0.15) is 19.3 Å². The highest BCUT2D eigenvalue weighted by Gasteiger charge is 2.20. The topological polar surface area (TPSA) is 88.0 Å². The van der Waals surface area contributed by atoms with E-state index >= 15 is 0 Å². The van der Waals surface area contributed by atoms with E-state index in [0.717, 1.165) is 24.8 Å². The number of sulfonamides is 1. The highest BCUT2D eigenvalue weighted by molar-refractivity contribution is 7.89. The second-order valence-corrected chi connectivity index (χ2v) is 7.20. The van der Waals surface area contributed by atoms with Gasteiger partial charge >= 0.3 is 0 Å². The first-order chi connectivity index (χ1) is 10.1. The maximum absolute atomic E-state index is 12.5. The van der Waals surface area contributed by atoms with Gasteiger partial charge in [0, 0.05) is 29.3 Å². The number of nitrogens with two attached hydrogens (primary N) is 1. The van der Waals surface area contributed by atoms with Crippen molar-refractivity contribution >= 4 is 26.6 Å². The monoisotopic (exact) mass is 305 g/mol. The third-order valence-corrected chi connectivity index (χ3v) is 5.36. The number of allylic oxidation sites excluding steroid dienone is 2. The summed E-state index contributed by atoms with van der Waals surface area (Å²) >= 11 is 0. The fraction of sp³-hybridized carbons (Fsp3) is 0.333. The molecule has 3 rings (SSSR count). The summed E-state index contributed by atoms with van der Waals surface area (Å²) in [5, 5.41) is 0.667. The van der Waals surface area contributed by atoms with Crippen molar-refractivity contribution < 1.29 is 8.42 Å². The molecule has 1 aromatic heterocycles. The molecule has 1 unspecified atom stereocenters. The van der Waals surface area contributed by atoms with E-state index in [1.807, 2.05) is 0 Å². The van der Waals surface area contributed by atoms with Gasteiger partial charge in [0.2, 0.25) is 10.0 Å². The molecule has 5 nitrogen and oxygen atoms in total. The smallest absolute Gasteiger partial charge is 0.242 e. The largest absolute Gasteiger partial charge is 0.399 e. The highest BCUT2D eigenvalue weighted by Crippen LogP contribution is 2.25. The number of aromatic nitrogens is 1. The van der Waals surface area contributed by atoms with Crippen LogP contribution in [0, 0.1) is 5.92 Å². The maximum Gasteiger partial charge on any atom is 0.242 e. The van der Waals surface area contributed by atoms with Crippen LogP contribution in [0.3, 0.4) is 0 Å². The minimum Gasteiger partial charge on any atom is -0.399 e. The van der Waals surface area contributed by atoms with Crippen molar-refractivity contribution in [1.29, 1.82) is 0 Å². The lowest BCUT2D eigenvalue weighted by Gasteiger charge is -2.17. The molecule has 1 aromatic carbocycles. The van der Waals surface area contributed by atoms with Crippen molar-refractivity contribution in [3.05, 3.63) is 36.5 Å². The summed E-state index contributed by atoms with van der Waals surface area (Å²) in [6.07, 6.45) is 8.79. The summed E-state index contributed by atoms with van der Waals surface area (Å²) in [6, 6.07) is 5.18. The molecular formula is C15H19N3O2S. The molecule has 4 N–H and O–H groups in total. The van der Waals surface area contributed by atoms with Crippen LogP contribution in [0.15, 0.2) is 41.4 Å². The van der Waals surface area contributed by atoms with E-state index in [4.69, 9.17) is 5.73 Å². The molecule has 0 bridgehead atoms. The fourth-order valence-electron chi connectivity index (χ4n) is 2.69. The predicted octanol–water partition coefficient (Wildman–Crippen LogP) is 2.38. The zero-order valence-electron chi connectivity index (χ0n) is 11.7. The molecule has 1 atom stereocenters. The number of nitrogens with one attached hydrogen (secondary N) is 2. The average molecular weight is 305 g/mol. The first-order valence-electron chi connectivity index (χ1n) is 7.07. The lowest BCUT2D eigenvalue weighted by atomic mass is 9.95. The Labute approximate surface area is 124 Å². The van der Waals surface area contributed by atoms with Crippen LogP contribution < -0.4 is 10.5 Å². The number of rotatable bonds is 4. The number of hydrogen-bond donors (Lipinski definition) is 3. The van der Waals surface area contributed by atoms with Crippen LogP contribution in [0.25, 0.3) is 10.9 Å². The number of anilines is 1. The van der Waals surface area contributed by atoms with E-state index in [1.165, 1.54) is 6.20 Å². The highest BCUT2D eigenvalue weighted by atomic mass is 32.2. The number of fused-ring (bicyclic) bond motifs is 1. The van der Waals surface area contributed by atoms with Crippen LogP contribution in [-0.2, 0) is 10.0 Å². The van der Waals surface area contributed by atoms with Crippen molar-refractivity contribution in [3.63, 3.8) is 0 Å². The van der Waals surface area contributed by atoms with E-state index in [2.05, 4.69) is 21.9 Å². The van der Waals surface area contributed by atoms with E-state index in [-0.39, 0.29) is 4.90 Å². The quantitative estimate of drug-likeness (QED) is 0.598. The van der Waals surface area contributed by atoms with Gasteiger partial charge in [-0.25, -0.2) is 13.1 Å². The number of hydrogen-bond acceptors (Lipinski definition) is 3. The third kappa shape index (κ3) is 2.96. The Kier molecular flexibility index (Phi) is 3.73. The minimum atomic E-state index is -3.50. The molecule has 0 aliphatic heterocycles. The maximum atomic E-state index is 12.5. The molecule has 1 aliphatic rings. The normalized spacial score (nSPS) is 19.1. The molecule has 6 heteroatoms. The van der Waals surface area contributed by atoms with E-state index in [0.29, 0.717) is 23.5 Å². The van der Waals surface area contributed by atoms with E-state index in [9.17, 15) is 8.42 Å². The molecular weight excluding hydrogens is 286 g/mol. The number of H-pyrrole nitrogens is 1. The van der Waals surface area contributed by atoms with Gasteiger partial charge in [0.1, 0.15) is 4.90 Å². The molecule has 0 spiro atoms. The van der Waals surface area contributed by atoms with Gasteiger partial charge < -0.3 is 10.7 Å². The SMILES string of the molecule is Nc1ccc2c(S(=O)(=O)NCC3CC=CCC3)c[nH]c2c1. The molecule has 0 radical (unpaired) electrons. The van der Waals surface area contributed by atoms with Gasteiger partial charge in [-0.3, -0.25) is 0 Å². The van der Waals surface area contributed by atoms with Crippen molar-refractivity contribution in [1.82, 2.24) is 9.71 Å². The number of nitrogen functional groups attached to an aromatic ring is 1. The van der Waals surface area contributed by atoms with Gasteiger partial charge in [0.15, 0.2) is 0 Å². The average Bonchev–Trinajstić information content (AvgIpc) is 2.90. The van der Waals surface area contributed by atoms with Gasteiger partial charge in [0.25, 0.3) is 0 Å². The molecule has 112 valence electrons. The van der Waals surface area contributed by atoms with Gasteiger partial charge in [-0.05, 0) is 43.4 Å². The Morgan fingerprint density at radius 1 is 1.33 bits per heavy atom. The van der Waals surface area contributed by atoms with Gasteiger partial charge in [-0.15, -0.1) is 0 Å². The molecule has 0 fully saturated rings. The summed E-state index contributed by atoms with van der Waals surface area (Å²) in [6.45, 7) is 0.480. The standard InChI is InChI=1S/C15H19N3O2S/c16-12-6-7-13-14(8-12)17-10-15(13)21(19,20)18-9-11-4-2-1-3-5-11/h1-2,6-8,10-11,17-18H,3-5,9,16H2. The summed E-state index contributed by atoms with van der Waals surface area (Å²) in [5.74, 6) is 0.380. The van der Waals surface area contributed by atoms with Crippen LogP contribution in [0.2, 0.25) is 0 Å². The van der Waals surface area contributed by atoms with Gasteiger partial charge in [0.05, 0.1) is 0 Å². The van der Waals surface area contributed by atoms with Gasteiger partial charge in [-0.2, -0.15) is 0 Å². The molecule has 0 saturated heterocycles. The van der Waals surface area contributed by atoms with Gasteiger partial charge in [-0.1, -0.05) is 12.2 Å². The second kappa shape index (κ2) is 5.54. The Hall–Kier alpha value is -1.79. The zero-order valence-corrected chi connectivity index (χ0v) is 12.5. The van der Waals surface area contributed by atoms with Crippen LogP contribution in [-0.4, -0.2) is 19.9 Å². The Morgan fingerprint density at radius 2 is 2.19 bits per heavy atom. The summed E-state index contributed by atoms with van der Waals surface area (Å²) in [4.78, 5) is 3.24. The van der Waals surface area contributed by atoms with E-state index < -0.39 is 10.0 Å². The fourth-order valence-corrected chi connectivity index (χ4v) is 3.98. The second-order valence-electron chi connectivity index (χ2n) is 5.46. The minimum absolute atomic E-state index is 0.281. The van der Waals surface area contributed by atoms with E-state index in [1.54, 1.807) is 18.2 Å². The first-order valence-corrected chi connectivity index (χ1v) is 8.56. The van der Waals surface area contributed by atoms with Crippen molar-refractivity contribution in [2.45, 2.75) is 24.2 Å². The molecule has 1 aliphatic carbocycles. The van der Waals surface area contributed by atoms with Crippen molar-refractivity contribution in [2.24, 2.45) is 5.92 Å². The first kappa shape index (κ1) is 14.2. The number of benzene rings is 1. The summed E-state index contributed by atoms with van der Waals surface area (Å²) in [5.41, 5.74) is 7.05. The molecule has 0 saturated carbocycles. The Bertz CT molecular complexity index is 777. The Morgan fingerprint density at radius 3 is 2.95 bits per heavy atom.